The van der Waals surface area contributed by atoms with Crippen molar-refractivity contribution in [2.24, 2.45) is 0 Å². The Kier molecular flexibility index (Phi) is 8.05. The second kappa shape index (κ2) is 11.2. The minimum absolute atomic E-state index is 0. The fourth-order valence-corrected chi connectivity index (χ4v) is 4.46. The van der Waals surface area contributed by atoms with E-state index >= 15 is 0 Å². The summed E-state index contributed by atoms with van der Waals surface area (Å²) in [5, 5.41) is 12.5. The van der Waals surface area contributed by atoms with Gasteiger partial charge in [-0.2, -0.15) is 8.75 Å². The summed E-state index contributed by atoms with van der Waals surface area (Å²) in [5.74, 6) is -0.277. The van der Waals surface area contributed by atoms with Crippen LogP contribution in [0.15, 0.2) is 66.2 Å². The van der Waals surface area contributed by atoms with Crippen LogP contribution < -0.4 is 48.9 Å². The van der Waals surface area contributed by atoms with Crippen LogP contribution >= 0.6 is 11.7 Å². The molecule has 0 spiro atoms. The molecule has 36 heavy (non-hydrogen) atoms. The van der Waals surface area contributed by atoms with Gasteiger partial charge < -0.3 is 24.1 Å². The van der Waals surface area contributed by atoms with Crippen LogP contribution in [0, 0.1) is 0 Å². The standard InChI is InChI=1S/C26H20N2O6S.Na/c1-32-18-6-2-15(3-7-18)12-19(25(29)17-5-9-22-23(14-17)34-11-10-33-22)24(26(30)31)16-4-8-20-21(13-16)28-35-27-20;/h2-9,13-14H,10-12H2,1H3,(H,30,31);/q;+1/p-1/b24-19+;. The number of hydrogen-bond donors (Lipinski definition) is 0. The topological polar surface area (TPSA) is 111 Å². The summed E-state index contributed by atoms with van der Waals surface area (Å²) >= 11 is 1.03. The molecule has 0 radical (unpaired) electrons. The normalized spacial score (nSPS) is 12.9. The van der Waals surface area contributed by atoms with E-state index < -0.39 is 11.8 Å². The van der Waals surface area contributed by atoms with Gasteiger partial charge in [0.1, 0.15) is 30.0 Å². The van der Waals surface area contributed by atoms with Gasteiger partial charge in [0.05, 0.1) is 24.8 Å². The molecule has 1 aliphatic heterocycles. The Hall–Kier alpha value is -3.24. The Bertz CT molecular complexity index is 1470. The fourth-order valence-electron chi connectivity index (χ4n) is 3.94. The molecule has 1 aliphatic rings. The van der Waals surface area contributed by atoms with Crippen LogP contribution in [0.1, 0.15) is 21.5 Å². The third-order valence-corrected chi connectivity index (χ3v) is 6.22. The molecule has 0 aliphatic carbocycles. The molecule has 3 aromatic carbocycles. The largest absolute Gasteiger partial charge is 1.00 e. The van der Waals surface area contributed by atoms with Gasteiger partial charge in [-0.3, -0.25) is 4.79 Å². The van der Waals surface area contributed by atoms with Crippen molar-refractivity contribution in [3.05, 3.63) is 82.9 Å². The molecule has 4 aromatic rings. The van der Waals surface area contributed by atoms with E-state index in [2.05, 4.69) is 8.75 Å². The van der Waals surface area contributed by atoms with Crippen LogP contribution in [-0.2, 0) is 11.2 Å². The van der Waals surface area contributed by atoms with E-state index in [1.165, 1.54) is 0 Å². The summed E-state index contributed by atoms with van der Waals surface area (Å²) in [5.41, 5.74) is 2.41. The zero-order valence-corrected chi connectivity index (χ0v) is 22.5. The van der Waals surface area contributed by atoms with Crippen molar-refractivity contribution in [2.75, 3.05) is 20.3 Å². The number of rotatable bonds is 7. The van der Waals surface area contributed by atoms with E-state index in [4.69, 9.17) is 14.2 Å². The number of aromatic nitrogens is 2. The van der Waals surface area contributed by atoms with E-state index in [9.17, 15) is 14.7 Å². The number of fused-ring (bicyclic) bond motifs is 2. The second-order valence-electron chi connectivity index (χ2n) is 7.82. The first-order chi connectivity index (χ1) is 17.0. The summed E-state index contributed by atoms with van der Waals surface area (Å²) in [6.45, 7) is 0.789. The molecule has 1 aromatic heterocycles. The average molecular weight is 511 g/mol. The first-order valence-electron chi connectivity index (χ1n) is 10.8. The van der Waals surface area contributed by atoms with E-state index in [-0.39, 0.29) is 52.7 Å². The third-order valence-electron chi connectivity index (χ3n) is 5.67. The molecule has 0 saturated heterocycles. The van der Waals surface area contributed by atoms with Gasteiger partial charge in [0.2, 0.25) is 0 Å². The van der Waals surface area contributed by atoms with E-state index in [1.54, 1.807) is 67.8 Å². The summed E-state index contributed by atoms with van der Waals surface area (Å²) in [6, 6.07) is 16.8. The van der Waals surface area contributed by atoms with Gasteiger partial charge in [-0.05, 0) is 53.6 Å². The van der Waals surface area contributed by atoms with Gasteiger partial charge in [-0.25, -0.2) is 0 Å². The van der Waals surface area contributed by atoms with Crippen molar-refractivity contribution in [1.82, 2.24) is 8.75 Å². The molecule has 0 atom stereocenters. The monoisotopic (exact) mass is 510 g/mol. The Morgan fingerprint density at radius 3 is 2.33 bits per heavy atom. The molecule has 0 saturated carbocycles. The van der Waals surface area contributed by atoms with Crippen LogP contribution in [0.5, 0.6) is 17.2 Å². The Morgan fingerprint density at radius 1 is 0.917 bits per heavy atom. The summed E-state index contributed by atoms with van der Waals surface area (Å²) in [6.07, 6.45) is 0.0634. The molecule has 0 N–H and O–H groups in total. The van der Waals surface area contributed by atoms with Gasteiger partial charge in [0.15, 0.2) is 17.3 Å². The molecule has 5 rings (SSSR count). The zero-order valence-electron chi connectivity index (χ0n) is 19.6. The number of carbonyl (C=O) groups is 2. The van der Waals surface area contributed by atoms with Crippen molar-refractivity contribution < 1.29 is 58.5 Å². The molecule has 2 heterocycles. The number of benzene rings is 3. The van der Waals surface area contributed by atoms with Crippen LogP contribution in [0.2, 0.25) is 0 Å². The number of allylic oxidation sites excluding steroid dienone is 1. The van der Waals surface area contributed by atoms with Gasteiger partial charge in [-0.15, -0.1) is 0 Å². The maximum absolute atomic E-state index is 13.8. The first-order valence-corrected chi connectivity index (χ1v) is 11.5. The van der Waals surface area contributed by atoms with Crippen molar-refractivity contribution in [2.45, 2.75) is 6.42 Å². The number of methoxy groups -OCH3 is 1. The van der Waals surface area contributed by atoms with Crippen LogP contribution in [0.25, 0.3) is 16.6 Å². The molecule has 0 fully saturated rings. The van der Waals surface area contributed by atoms with Gasteiger partial charge in [0, 0.05) is 23.1 Å². The second-order valence-corrected chi connectivity index (χ2v) is 8.35. The molecule has 0 bridgehead atoms. The maximum atomic E-state index is 13.8. The number of carboxylic acid groups (broad SMARTS) is 1. The van der Waals surface area contributed by atoms with E-state index in [0.717, 1.165) is 17.3 Å². The van der Waals surface area contributed by atoms with E-state index in [1.807, 2.05) is 0 Å². The number of hydrogen-bond acceptors (Lipinski definition) is 9. The van der Waals surface area contributed by atoms with Crippen LogP contribution in [0.3, 0.4) is 0 Å². The molecular formula is C26H19N2NaO6S. The van der Waals surface area contributed by atoms with Crippen molar-refractivity contribution in [3.8, 4) is 17.2 Å². The molecule has 176 valence electrons. The number of carbonyl (C=O) groups excluding carboxylic acids is 2. The predicted molar refractivity (Wildman–Crippen MR) is 128 cm³/mol. The summed E-state index contributed by atoms with van der Waals surface area (Å²) in [7, 11) is 1.56. The Balaban J connectivity index is 0.00000304. The summed E-state index contributed by atoms with van der Waals surface area (Å²) in [4.78, 5) is 26.3. The Labute approximate surface area is 233 Å². The number of carboxylic acids is 1. The molecule has 10 heteroatoms. The smallest absolute Gasteiger partial charge is 0.545 e. The SMILES string of the molecule is COc1ccc(C/C(C(=O)c2ccc3c(c2)OCCO3)=C(\C(=O)[O-])c2ccc3nsnc3c2)cc1.[Na+]. The average Bonchev–Trinajstić information content (AvgIpc) is 3.36. The van der Waals surface area contributed by atoms with Crippen molar-refractivity contribution >= 4 is 40.1 Å². The predicted octanol–water partition coefficient (Wildman–Crippen LogP) is 0.104. The number of ether oxygens (including phenoxy) is 3. The zero-order chi connectivity index (χ0) is 24.4. The summed E-state index contributed by atoms with van der Waals surface area (Å²) < 4.78 is 24.7. The van der Waals surface area contributed by atoms with Gasteiger partial charge >= 0.3 is 29.6 Å². The number of ketones is 1. The number of aliphatic carboxylic acids is 1. The van der Waals surface area contributed by atoms with Crippen LogP contribution in [-0.4, -0.2) is 40.8 Å². The maximum Gasteiger partial charge on any atom is 1.00 e. The molecular weight excluding hydrogens is 491 g/mol. The van der Waals surface area contributed by atoms with Crippen LogP contribution in [0.4, 0.5) is 0 Å². The van der Waals surface area contributed by atoms with Gasteiger partial charge in [0.25, 0.3) is 0 Å². The molecule has 8 nitrogen and oxygen atoms in total. The van der Waals surface area contributed by atoms with E-state index in [0.29, 0.717) is 47.1 Å². The fraction of sp³-hybridized carbons (Fsp3) is 0.154. The quantitative estimate of drug-likeness (QED) is 0.196. The Morgan fingerprint density at radius 2 is 1.61 bits per heavy atom. The van der Waals surface area contributed by atoms with Crippen molar-refractivity contribution in [1.29, 1.82) is 0 Å². The number of Topliss-reactive ketones (excluding diaryl/α,β-unsaturated/α-hetero) is 1. The minimum atomic E-state index is -1.46. The van der Waals surface area contributed by atoms with Crippen molar-refractivity contribution in [3.63, 3.8) is 0 Å². The van der Waals surface area contributed by atoms with Gasteiger partial charge in [-0.1, -0.05) is 18.2 Å². The molecule has 0 unspecified atom stereocenters. The third kappa shape index (κ3) is 5.29. The minimum Gasteiger partial charge on any atom is -0.545 e. The first kappa shape index (κ1) is 25.8. The molecule has 0 amide bonds. The number of nitrogens with zero attached hydrogens (tertiary/aromatic N) is 2.